The fourth-order valence-corrected chi connectivity index (χ4v) is 1.87. The van der Waals surface area contributed by atoms with Crippen molar-refractivity contribution in [2.24, 2.45) is 0 Å². The molecule has 4 heteroatoms. The van der Waals surface area contributed by atoms with Crippen molar-refractivity contribution >= 4 is 11.6 Å². The number of fused-ring (bicyclic) bond motifs is 1. The number of hydrogen-bond donors (Lipinski definition) is 1. The van der Waals surface area contributed by atoms with Crippen molar-refractivity contribution < 1.29 is 4.79 Å². The smallest absolute Gasteiger partial charge is 0.220 e. The van der Waals surface area contributed by atoms with Crippen LogP contribution in [0.2, 0.25) is 0 Å². The van der Waals surface area contributed by atoms with Crippen LogP contribution >= 0.6 is 0 Å². The van der Waals surface area contributed by atoms with Crippen molar-refractivity contribution in [2.45, 2.75) is 33.2 Å². The van der Waals surface area contributed by atoms with Crippen LogP contribution in [-0.2, 0) is 11.3 Å². The third kappa shape index (κ3) is 2.46. The van der Waals surface area contributed by atoms with E-state index in [1.54, 1.807) is 0 Å². The van der Waals surface area contributed by atoms with Gasteiger partial charge in [-0.05, 0) is 25.5 Å². The molecule has 0 atom stereocenters. The Balaban J connectivity index is 2.18. The van der Waals surface area contributed by atoms with Gasteiger partial charge in [0.15, 0.2) is 0 Å². The molecule has 2 aromatic rings. The lowest BCUT2D eigenvalue weighted by atomic mass is 10.3. The first-order valence-corrected chi connectivity index (χ1v) is 5.91. The Bertz CT molecular complexity index is 530. The lowest BCUT2D eigenvalue weighted by Gasteiger charge is -2.05. The molecule has 2 aromatic heterocycles. The Kier molecular flexibility index (Phi) is 3.42. The molecule has 1 N–H and O–H groups in total. The maximum absolute atomic E-state index is 11.4. The fourth-order valence-electron chi connectivity index (χ4n) is 1.87. The molecule has 0 unspecified atom stereocenters. The molecule has 4 nitrogen and oxygen atoms in total. The second kappa shape index (κ2) is 4.99. The summed E-state index contributed by atoms with van der Waals surface area (Å²) in [6.07, 6.45) is 3.42. The normalized spacial score (nSPS) is 10.7. The lowest BCUT2D eigenvalue weighted by molar-refractivity contribution is -0.121. The first-order chi connectivity index (χ1) is 8.22. The van der Waals surface area contributed by atoms with Crippen molar-refractivity contribution in [3.63, 3.8) is 0 Å². The van der Waals surface area contributed by atoms with Gasteiger partial charge in [-0.15, -0.1) is 0 Å². The third-order valence-corrected chi connectivity index (χ3v) is 2.76. The number of amides is 1. The van der Waals surface area contributed by atoms with Gasteiger partial charge in [0.05, 0.1) is 17.9 Å². The molecule has 2 heterocycles. The Morgan fingerprint density at radius 3 is 3.06 bits per heavy atom. The van der Waals surface area contributed by atoms with Crippen molar-refractivity contribution in [3.8, 4) is 0 Å². The highest BCUT2D eigenvalue weighted by molar-refractivity contribution is 5.75. The zero-order chi connectivity index (χ0) is 12.3. The van der Waals surface area contributed by atoms with E-state index in [4.69, 9.17) is 0 Å². The predicted molar refractivity (Wildman–Crippen MR) is 66.7 cm³/mol. The molecule has 0 saturated heterocycles. The molecule has 0 aliphatic carbocycles. The minimum absolute atomic E-state index is 0.0952. The molecule has 0 spiro atoms. The Labute approximate surface area is 101 Å². The highest BCUT2D eigenvalue weighted by Gasteiger charge is 2.08. The van der Waals surface area contributed by atoms with E-state index in [0.29, 0.717) is 13.0 Å². The molecule has 0 bridgehead atoms. The summed E-state index contributed by atoms with van der Waals surface area (Å²) >= 11 is 0. The zero-order valence-corrected chi connectivity index (χ0v) is 10.2. The van der Waals surface area contributed by atoms with Crippen molar-refractivity contribution in [2.75, 3.05) is 0 Å². The molecular formula is C13H17N3O. The summed E-state index contributed by atoms with van der Waals surface area (Å²) < 4.78 is 2.02. The molecule has 17 heavy (non-hydrogen) atoms. The molecule has 0 saturated carbocycles. The molecule has 0 aliphatic heterocycles. The number of aryl methyl sites for hydroxylation is 1. The number of imidazole rings is 1. The Hall–Kier alpha value is -1.84. The molecule has 0 radical (unpaired) electrons. The van der Waals surface area contributed by atoms with Crippen molar-refractivity contribution in [1.29, 1.82) is 0 Å². The lowest BCUT2D eigenvalue weighted by Crippen LogP contribution is -2.23. The van der Waals surface area contributed by atoms with E-state index in [0.717, 1.165) is 23.5 Å². The van der Waals surface area contributed by atoms with Crippen LogP contribution in [0.15, 0.2) is 24.4 Å². The van der Waals surface area contributed by atoms with Crippen LogP contribution < -0.4 is 5.32 Å². The number of aromatic nitrogens is 2. The Morgan fingerprint density at radius 1 is 1.47 bits per heavy atom. The average molecular weight is 231 g/mol. The van der Waals surface area contributed by atoms with Crippen LogP contribution in [0.3, 0.4) is 0 Å². The van der Waals surface area contributed by atoms with E-state index in [-0.39, 0.29) is 5.91 Å². The summed E-state index contributed by atoms with van der Waals surface area (Å²) in [6, 6.07) is 5.89. The summed E-state index contributed by atoms with van der Waals surface area (Å²) in [7, 11) is 0. The van der Waals surface area contributed by atoms with Gasteiger partial charge in [-0.2, -0.15) is 0 Å². The third-order valence-electron chi connectivity index (χ3n) is 2.76. The van der Waals surface area contributed by atoms with Gasteiger partial charge in [-0.3, -0.25) is 4.79 Å². The topological polar surface area (TPSA) is 46.4 Å². The van der Waals surface area contributed by atoms with Crippen LogP contribution in [0.4, 0.5) is 0 Å². The van der Waals surface area contributed by atoms with Crippen LogP contribution in [-0.4, -0.2) is 15.3 Å². The minimum atomic E-state index is 0.0952. The van der Waals surface area contributed by atoms with E-state index in [9.17, 15) is 4.79 Å². The van der Waals surface area contributed by atoms with Gasteiger partial charge < -0.3 is 9.72 Å². The summed E-state index contributed by atoms with van der Waals surface area (Å²) in [5.74, 6) is 0.0952. The first-order valence-electron chi connectivity index (χ1n) is 5.91. The minimum Gasteiger partial charge on any atom is -0.350 e. The molecule has 2 rings (SSSR count). The molecule has 0 fully saturated rings. The van der Waals surface area contributed by atoms with Crippen molar-refractivity contribution in [3.05, 3.63) is 35.8 Å². The molecule has 0 aliphatic rings. The van der Waals surface area contributed by atoms with Crippen LogP contribution in [0.1, 0.15) is 31.2 Å². The van der Waals surface area contributed by atoms with Gasteiger partial charge in [0.2, 0.25) is 5.91 Å². The van der Waals surface area contributed by atoms with Crippen LogP contribution in [0.5, 0.6) is 0 Å². The fraction of sp³-hybridized carbons (Fsp3) is 0.385. The summed E-state index contributed by atoms with van der Waals surface area (Å²) in [5.41, 5.74) is 2.93. The van der Waals surface area contributed by atoms with Crippen molar-refractivity contribution in [1.82, 2.24) is 14.7 Å². The highest BCUT2D eigenvalue weighted by Crippen LogP contribution is 2.11. The molecule has 90 valence electrons. The molecule has 0 aromatic carbocycles. The highest BCUT2D eigenvalue weighted by atomic mass is 16.1. The van der Waals surface area contributed by atoms with Gasteiger partial charge in [-0.1, -0.05) is 13.0 Å². The summed E-state index contributed by atoms with van der Waals surface area (Å²) in [6.45, 7) is 4.50. The molecular weight excluding hydrogens is 214 g/mol. The average Bonchev–Trinajstić information content (AvgIpc) is 2.62. The SMILES string of the molecule is CCCC(=O)NCc1c(C)nc2ccccn12. The van der Waals surface area contributed by atoms with E-state index in [2.05, 4.69) is 10.3 Å². The number of carbonyl (C=O) groups is 1. The second-order valence-corrected chi connectivity index (χ2v) is 4.10. The number of hydrogen-bond acceptors (Lipinski definition) is 2. The monoisotopic (exact) mass is 231 g/mol. The quantitative estimate of drug-likeness (QED) is 0.875. The predicted octanol–water partition coefficient (Wildman–Crippen LogP) is 2.06. The zero-order valence-electron chi connectivity index (χ0n) is 10.2. The van der Waals surface area contributed by atoms with Gasteiger partial charge in [-0.25, -0.2) is 4.98 Å². The summed E-state index contributed by atoms with van der Waals surface area (Å²) in [5, 5.41) is 2.92. The van der Waals surface area contributed by atoms with Gasteiger partial charge >= 0.3 is 0 Å². The number of nitrogens with zero attached hydrogens (tertiary/aromatic N) is 2. The van der Waals surface area contributed by atoms with E-state index in [1.807, 2.05) is 42.6 Å². The van der Waals surface area contributed by atoms with E-state index >= 15 is 0 Å². The first kappa shape index (κ1) is 11.6. The largest absolute Gasteiger partial charge is 0.350 e. The van der Waals surface area contributed by atoms with Crippen LogP contribution in [0.25, 0.3) is 5.65 Å². The maximum atomic E-state index is 11.4. The van der Waals surface area contributed by atoms with E-state index < -0.39 is 0 Å². The number of rotatable bonds is 4. The number of carbonyl (C=O) groups excluding carboxylic acids is 1. The van der Waals surface area contributed by atoms with Gasteiger partial charge in [0, 0.05) is 12.6 Å². The summed E-state index contributed by atoms with van der Waals surface area (Å²) in [4.78, 5) is 15.9. The standard InChI is InChI=1S/C13H17N3O/c1-3-6-13(17)14-9-11-10(2)15-12-7-4-5-8-16(11)12/h4-5,7-8H,3,6,9H2,1-2H3,(H,14,17). The number of pyridine rings is 1. The van der Waals surface area contributed by atoms with Gasteiger partial charge in [0.25, 0.3) is 0 Å². The van der Waals surface area contributed by atoms with Crippen LogP contribution in [0, 0.1) is 6.92 Å². The Morgan fingerprint density at radius 2 is 2.29 bits per heavy atom. The number of nitrogens with one attached hydrogen (secondary N) is 1. The maximum Gasteiger partial charge on any atom is 0.220 e. The van der Waals surface area contributed by atoms with Gasteiger partial charge in [0.1, 0.15) is 5.65 Å². The molecule has 1 amide bonds. The second-order valence-electron chi connectivity index (χ2n) is 4.10. The van der Waals surface area contributed by atoms with E-state index in [1.165, 1.54) is 0 Å².